The quantitative estimate of drug-likeness (QED) is 0.248. The van der Waals surface area contributed by atoms with E-state index >= 15 is 0 Å². The third kappa shape index (κ3) is 6.08. The lowest BCUT2D eigenvalue weighted by Crippen LogP contribution is -2.18. The van der Waals surface area contributed by atoms with Crippen LogP contribution < -0.4 is 4.80 Å². The Hall–Kier alpha value is -2.05. The van der Waals surface area contributed by atoms with Crippen molar-refractivity contribution in [2.45, 2.75) is 52.4 Å². The van der Waals surface area contributed by atoms with Crippen LogP contribution in [0.2, 0.25) is 10.0 Å². The van der Waals surface area contributed by atoms with Crippen LogP contribution in [0.1, 0.15) is 52.7 Å². The number of nitrogens with zero attached hydrogens (tertiary/aromatic N) is 2. The maximum atomic E-state index is 11.2. The standard InChI is InChI=1S/C29H30Cl2N2OS.BrH/c1-28(2,3)23-15-18(16-24(26(23)34)29(4,5)6)25-17-35-27(32-21-11-7-19(30)8-12-21)33(25)22-13-9-20(31)10-14-22;/h7-17,34H,1-6H3;1H. The lowest BCUT2D eigenvalue weighted by molar-refractivity contribution is 0.423. The zero-order valence-electron chi connectivity index (χ0n) is 21.3. The first kappa shape index (κ1) is 28.5. The van der Waals surface area contributed by atoms with Crippen molar-refractivity contribution in [2.24, 2.45) is 4.99 Å². The van der Waals surface area contributed by atoms with Gasteiger partial charge in [0.2, 0.25) is 0 Å². The summed E-state index contributed by atoms with van der Waals surface area (Å²) in [5, 5.41) is 14.7. The number of benzene rings is 3. The van der Waals surface area contributed by atoms with Gasteiger partial charge >= 0.3 is 0 Å². The molecule has 0 saturated carbocycles. The third-order valence-electron chi connectivity index (χ3n) is 5.87. The largest absolute Gasteiger partial charge is 0.507 e. The molecule has 0 amide bonds. The fraction of sp³-hybridized carbons (Fsp3) is 0.276. The Kier molecular flexibility index (Phi) is 8.51. The summed E-state index contributed by atoms with van der Waals surface area (Å²) in [6.07, 6.45) is 0. The fourth-order valence-electron chi connectivity index (χ4n) is 3.98. The van der Waals surface area contributed by atoms with Gasteiger partial charge in [-0.15, -0.1) is 28.3 Å². The average Bonchev–Trinajstić information content (AvgIpc) is 3.18. The van der Waals surface area contributed by atoms with Gasteiger partial charge in [0.15, 0.2) is 4.80 Å². The minimum atomic E-state index is -0.224. The third-order valence-corrected chi connectivity index (χ3v) is 7.20. The second-order valence-electron chi connectivity index (χ2n) is 10.7. The summed E-state index contributed by atoms with van der Waals surface area (Å²) in [7, 11) is 0. The van der Waals surface area contributed by atoms with Crippen molar-refractivity contribution in [1.29, 1.82) is 0 Å². The summed E-state index contributed by atoms with van der Waals surface area (Å²) in [4.78, 5) is 5.75. The van der Waals surface area contributed by atoms with Crippen LogP contribution >= 0.6 is 51.5 Å². The van der Waals surface area contributed by atoms with E-state index in [2.05, 4.69) is 63.6 Å². The number of aromatic nitrogens is 1. The molecular formula is C29H31BrCl2N2OS. The Labute approximate surface area is 237 Å². The second kappa shape index (κ2) is 10.7. The molecule has 0 aliphatic carbocycles. The van der Waals surface area contributed by atoms with Gasteiger partial charge in [0.25, 0.3) is 0 Å². The van der Waals surface area contributed by atoms with E-state index in [0.29, 0.717) is 15.8 Å². The summed E-state index contributed by atoms with van der Waals surface area (Å²) in [6, 6.07) is 19.5. The molecule has 4 rings (SSSR count). The zero-order chi connectivity index (χ0) is 25.5. The van der Waals surface area contributed by atoms with E-state index in [-0.39, 0.29) is 27.8 Å². The first-order chi connectivity index (χ1) is 16.3. The molecule has 0 radical (unpaired) electrons. The van der Waals surface area contributed by atoms with Crippen LogP contribution in [0.5, 0.6) is 5.75 Å². The van der Waals surface area contributed by atoms with E-state index in [1.807, 2.05) is 48.5 Å². The number of phenols is 1. The van der Waals surface area contributed by atoms with Gasteiger partial charge in [-0.25, -0.2) is 4.99 Å². The predicted octanol–water partition coefficient (Wildman–Crippen LogP) is 9.62. The van der Waals surface area contributed by atoms with Gasteiger partial charge in [-0.1, -0.05) is 64.7 Å². The Morgan fingerprint density at radius 1 is 0.778 bits per heavy atom. The first-order valence-corrected chi connectivity index (χ1v) is 13.1. The molecule has 1 aromatic heterocycles. The number of aromatic hydroxyl groups is 1. The molecule has 0 spiro atoms. The average molecular weight is 606 g/mol. The van der Waals surface area contributed by atoms with Crippen molar-refractivity contribution in [3.05, 3.63) is 92.0 Å². The van der Waals surface area contributed by atoms with Crippen LogP contribution in [-0.2, 0) is 10.8 Å². The van der Waals surface area contributed by atoms with Crippen molar-refractivity contribution < 1.29 is 5.11 Å². The smallest absolute Gasteiger partial charge is 0.195 e. The number of hydrogen-bond acceptors (Lipinski definition) is 3. The Morgan fingerprint density at radius 3 is 1.72 bits per heavy atom. The van der Waals surface area contributed by atoms with Crippen LogP contribution in [0.4, 0.5) is 5.69 Å². The van der Waals surface area contributed by atoms with Gasteiger partial charge in [0.05, 0.1) is 11.4 Å². The first-order valence-electron chi connectivity index (χ1n) is 11.5. The number of phenolic OH excluding ortho intramolecular Hbond substituents is 1. The van der Waals surface area contributed by atoms with Crippen molar-refractivity contribution in [1.82, 2.24) is 4.57 Å². The lowest BCUT2D eigenvalue weighted by atomic mass is 9.78. The minimum Gasteiger partial charge on any atom is -0.507 e. The molecule has 1 heterocycles. The molecule has 3 nitrogen and oxygen atoms in total. The van der Waals surface area contributed by atoms with Gasteiger partial charge in [-0.3, -0.25) is 4.57 Å². The Bertz CT molecular complexity index is 1390. The van der Waals surface area contributed by atoms with E-state index in [1.54, 1.807) is 11.3 Å². The molecule has 0 unspecified atom stereocenters. The monoisotopic (exact) mass is 604 g/mol. The van der Waals surface area contributed by atoms with Crippen LogP contribution in [0.25, 0.3) is 16.9 Å². The van der Waals surface area contributed by atoms with Gasteiger partial charge in [0, 0.05) is 37.8 Å². The van der Waals surface area contributed by atoms with Crippen molar-refractivity contribution in [2.75, 3.05) is 0 Å². The summed E-state index contributed by atoms with van der Waals surface area (Å²) >= 11 is 13.9. The molecule has 0 bridgehead atoms. The SMILES string of the molecule is Br.CC(C)(C)c1cc(-c2csc(=Nc3ccc(Cl)cc3)n2-c2ccc(Cl)cc2)cc(C(C)(C)C)c1O. The van der Waals surface area contributed by atoms with Gasteiger partial charge in [-0.05, 0) is 71.5 Å². The molecule has 4 aromatic rings. The molecule has 0 aliphatic heterocycles. The molecule has 0 aliphatic rings. The van der Waals surface area contributed by atoms with Crippen LogP contribution in [0, 0.1) is 0 Å². The summed E-state index contributed by atoms with van der Waals surface area (Å²) < 4.78 is 2.14. The fourth-order valence-corrected chi connectivity index (χ4v) is 5.16. The van der Waals surface area contributed by atoms with E-state index in [1.165, 1.54) is 0 Å². The van der Waals surface area contributed by atoms with Gasteiger partial charge < -0.3 is 5.11 Å². The predicted molar refractivity (Wildman–Crippen MR) is 160 cm³/mol. The molecule has 0 atom stereocenters. The summed E-state index contributed by atoms with van der Waals surface area (Å²) in [5.41, 5.74) is 5.20. The zero-order valence-corrected chi connectivity index (χ0v) is 25.3. The van der Waals surface area contributed by atoms with Gasteiger partial charge in [0.1, 0.15) is 5.75 Å². The van der Waals surface area contributed by atoms with Crippen molar-refractivity contribution in [3.8, 4) is 22.7 Å². The molecule has 0 fully saturated rings. The van der Waals surface area contributed by atoms with E-state index in [9.17, 15) is 5.11 Å². The molecule has 7 heteroatoms. The number of hydrogen-bond donors (Lipinski definition) is 1. The van der Waals surface area contributed by atoms with E-state index < -0.39 is 0 Å². The van der Waals surface area contributed by atoms with Crippen molar-refractivity contribution >= 4 is 57.2 Å². The number of halogens is 3. The Balaban J connectivity index is 0.00000361. The lowest BCUT2D eigenvalue weighted by Gasteiger charge is -2.28. The summed E-state index contributed by atoms with van der Waals surface area (Å²) in [6.45, 7) is 12.8. The number of thiazole rings is 1. The van der Waals surface area contributed by atoms with Crippen LogP contribution in [-0.4, -0.2) is 9.67 Å². The molecule has 0 saturated heterocycles. The maximum Gasteiger partial charge on any atom is 0.195 e. The van der Waals surface area contributed by atoms with Crippen molar-refractivity contribution in [3.63, 3.8) is 0 Å². The second-order valence-corrected chi connectivity index (χ2v) is 12.4. The van der Waals surface area contributed by atoms with Gasteiger partial charge in [-0.2, -0.15) is 0 Å². The molecule has 3 aromatic carbocycles. The topological polar surface area (TPSA) is 37.5 Å². The maximum absolute atomic E-state index is 11.2. The molecular weight excluding hydrogens is 575 g/mol. The van der Waals surface area contributed by atoms with Crippen LogP contribution in [0.15, 0.2) is 71.0 Å². The minimum absolute atomic E-state index is 0. The van der Waals surface area contributed by atoms with E-state index in [4.69, 9.17) is 28.2 Å². The summed E-state index contributed by atoms with van der Waals surface area (Å²) in [5.74, 6) is 0.369. The normalized spacial score (nSPS) is 12.5. The van der Waals surface area contributed by atoms with Crippen LogP contribution in [0.3, 0.4) is 0 Å². The molecule has 36 heavy (non-hydrogen) atoms. The molecule has 1 N–H and O–H groups in total. The highest BCUT2D eigenvalue weighted by Gasteiger charge is 2.27. The highest BCUT2D eigenvalue weighted by molar-refractivity contribution is 8.93. The number of rotatable bonds is 3. The highest BCUT2D eigenvalue weighted by atomic mass is 79.9. The van der Waals surface area contributed by atoms with E-state index in [0.717, 1.165) is 38.6 Å². The highest BCUT2D eigenvalue weighted by Crippen LogP contribution is 2.42. The molecule has 190 valence electrons. The Morgan fingerprint density at radius 2 is 1.25 bits per heavy atom.